The van der Waals surface area contributed by atoms with Crippen LogP contribution in [0.4, 0.5) is 5.69 Å². The fourth-order valence-corrected chi connectivity index (χ4v) is 3.41. The lowest BCUT2D eigenvalue weighted by Gasteiger charge is -2.08. The van der Waals surface area contributed by atoms with Crippen LogP contribution in [0.5, 0.6) is 11.5 Å². The predicted octanol–water partition coefficient (Wildman–Crippen LogP) is 5.20. The third-order valence-corrected chi connectivity index (χ3v) is 5.49. The van der Waals surface area contributed by atoms with Crippen LogP contribution in [0.15, 0.2) is 94.4 Å². The monoisotopic (exact) mass is 529 g/mol. The number of amides is 1. The fourth-order valence-electron chi connectivity index (χ4n) is 3.41. The third kappa shape index (κ3) is 7.29. The first-order chi connectivity index (χ1) is 18.8. The SMILES string of the molecule is C/C(=N\NC(=O)c1cccc(COc2ccc([N+](=O)[O-])cc2)c1)c1ccc(OCc2ccc(C(=O)O)o2)cc1. The summed E-state index contributed by atoms with van der Waals surface area (Å²) in [6.45, 7) is 2.00. The second-order valence-electron chi connectivity index (χ2n) is 8.26. The van der Waals surface area contributed by atoms with Crippen LogP contribution in [0.25, 0.3) is 0 Å². The van der Waals surface area contributed by atoms with Gasteiger partial charge in [-0.3, -0.25) is 14.9 Å². The zero-order valence-electron chi connectivity index (χ0n) is 20.7. The normalized spacial score (nSPS) is 11.1. The van der Waals surface area contributed by atoms with Crippen LogP contribution in [-0.2, 0) is 13.2 Å². The lowest BCUT2D eigenvalue weighted by atomic mass is 10.1. The number of nitrogens with zero attached hydrogens (tertiary/aromatic N) is 2. The molecule has 0 aliphatic heterocycles. The van der Waals surface area contributed by atoms with Gasteiger partial charge in [-0.2, -0.15) is 5.10 Å². The van der Waals surface area contributed by atoms with Crippen LogP contribution in [0.1, 0.15) is 44.7 Å². The van der Waals surface area contributed by atoms with E-state index < -0.39 is 16.8 Å². The molecule has 1 heterocycles. The van der Waals surface area contributed by atoms with Gasteiger partial charge in [0.2, 0.25) is 5.76 Å². The van der Waals surface area contributed by atoms with Crippen molar-refractivity contribution in [1.82, 2.24) is 5.43 Å². The van der Waals surface area contributed by atoms with Crippen LogP contribution in [0, 0.1) is 10.1 Å². The number of carbonyl (C=O) groups is 2. The number of furan rings is 1. The number of hydrogen-bond acceptors (Lipinski definition) is 8. The van der Waals surface area contributed by atoms with E-state index in [1.54, 1.807) is 61.5 Å². The molecule has 0 saturated carbocycles. The van der Waals surface area contributed by atoms with Crippen molar-refractivity contribution in [3.05, 3.63) is 123 Å². The van der Waals surface area contributed by atoms with Crippen LogP contribution < -0.4 is 14.9 Å². The Morgan fingerprint density at radius 3 is 2.23 bits per heavy atom. The van der Waals surface area contributed by atoms with E-state index in [1.807, 2.05) is 0 Å². The zero-order valence-corrected chi connectivity index (χ0v) is 20.7. The Kier molecular flexibility index (Phi) is 8.32. The van der Waals surface area contributed by atoms with Crippen LogP contribution in [-0.4, -0.2) is 27.6 Å². The minimum atomic E-state index is -1.14. The molecule has 0 aliphatic rings. The molecule has 3 aromatic carbocycles. The summed E-state index contributed by atoms with van der Waals surface area (Å²) in [5, 5.41) is 23.9. The van der Waals surface area contributed by atoms with Crippen molar-refractivity contribution in [2.24, 2.45) is 5.10 Å². The molecule has 4 aromatic rings. The predicted molar refractivity (Wildman–Crippen MR) is 140 cm³/mol. The topological polar surface area (TPSA) is 154 Å². The molecule has 0 spiro atoms. The van der Waals surface area contributed by atoms with E-state index in [1.165, 1.54) is 30.3 Å². The molecular weight excluding hydrogens is 506 g/mol. The fraction of sp³-hybridized carbons (Fsp3) is 0.107. The summed E-state index contributed by atoms with van der Waals surface area (Å²) in [7, 11) is 0. The molecular formula is C28H23N3O8. The summed E-state index contributed by atoms with van der Waals surface area (Å²) in [4.78, 5) is 33.8. The molecule has 0 fully saturated rings. The highest BCUT2D eigenvalue weighted by molar-refractivity contribution is 6.01. The van der Waals surface area contributed by atoms with E-state index in [2.05, 4.69) is 10.5 Å². The first-order valence-corrected chi connectivity index (χ1v) is 11.6. The van der Waals surface area contributed by atoms with Crippen LogP contribution in [0.2, 0.25) is 0 Å². The number of nitro benzene ring substituents is 1. The van der Waals surface area contributed by atoms with Crippen molar-refractivity contribution in [3.8, 4) is 11.5 Å². The Hall–Kier alpha value is -5.45. The highest BCUT2D eigenvalue weighted by Crippen LogP contribution is 2.19. The number of rotatable bonds is 11. The molecule has 11 heteroatoms. The number of benzene rings is 3. The molecule has 1 amide bonds. The van der Waals surface area contributed by atoms with Gasteiger partial charge in [0.1, 0.15) is 30.5 Å². The summed E-state index contributed by atoms with van der Waals surface area (Å²) < 4.78 is 16.4. The molecule has 11 nitrogen and oxygen atoms in total. The minimum Gasteiger partial charge on any atom is -0.489 e. The molecule has 0 unspecified atom stereocenters. The number of non-ortho nitro benzene ring substituents is 1. The maximum absolute atomic E-state index is 12.6. The number of nitrogens with one attached hydrogen (secondary N) is 1. The average molecular weight is 530 g/mol. The van der Waals surface area contributed by atoms with Crippen molar-refractivity contribution >= 4 is 23.3 Å². The maximum Gasteiger partial charge on any atom is 0.371 e. The zero-order chi connectivity index (χ0) is 27.8. The van der Waals surface area contributed by atoms with Gasteiger partial charge in [0, 0.05) is 17.7 Å². The van der Waals surface area contributed by atoms with Gasteiger partial charge in [0.05, 0.1) is 10.6 Å². The lowest BCUT2D eigenvalue weighted by Crippen LogP contribution is -2.19. The van der Waals surface area contributed by atoms with Crippen molar-refractivity contribution in [3.63, 3.8) is 0 Å². The first-order valence-electron chi connectivity index (χ1n) is 11.6. The van der Waals surface area contributed by atoms with Crippen molar-refractivity contribution in [2.75, 3.05) is 0 Å². The number of carboxylic acids is 1. The van der Waals surface area contributed by atoms with Crippen molar-refractivity contribution < 1.29 is 33.5 Å². The van der Waals surface area contributed by atoms with E-state index in [0.717, 1.165) is 11.1 Å². The molecule has 0 aliphatic carbocycles. The summed E-state index contributed by atoms with van der Waals surface area (Å²) in [6.07, 6.45) is 0. The molecule has 2 N–H and O–H groups in total. The standard InChI is InChI=1S/C28H23N3O8/c1-18(20-5-9-23(10-6-20)38-17-25-13-14-26(39-25)28(33)34)29-30-27(32)21-4-2-3-19(15-21)16-37-24-11-7-22(8-12-24)31(35)36/h2-15H,16-17H2,1H3,(H,30,32)(H,33,34)/b29-18+. The van der Waals surface area contributed by atoms with Crippen LogP contribution >= 0.6 is 0 Å². The summed E-state index contributed by atoms with van der Waals surface area (Å²) >= 11 is 0. The number of aromatic carboxylic acids is 1. The maximum atomic E-state index is 12.6. The van der Waals surface area contributed by atoms with E-state index >= 15 is 0 Å². The Morgan fingerprint density at radius 2 is 1.59 bits per heavy atom. The smallest absolute Gasteiger partial charge is 0.371 e. The van der Waals surface area contributed by atoms with Gasteiger partial charge < -0.3 is 19.0 Å². The Morgan fingerprint density at radius 1 is 0.923 bits per heavy atom. The highest BCUT2D eigenvalue weighted by atomic mass is 16.6. The van der Waals surface area contributed by atoms with Crippen molar-refractivity contribution in [1.29, 1.82) is 0 Å². The number of carbonyl (C=O) groups excluding carboxylic acids is 1. The molecule has 0 saturated heterocycles. The summed E-state index contributed by atoms with van der Waals surface area (Å²) in [5.74, 6) is -0.282. The number of ether oxygens (including phenoxy) is 2. The first kappa shape index (κ1) is 26.6. The second-order valence-corrected chi connectivity index (χ2v) is 8.26. The Balaban J connectivity index is 1.29. The van der Waals surface area contributed by atoms with Crippen molar-refractivity contribution in [2.45, 2.75) is 20.1 Å². The molecule has 0 radical (unpaired) electrons. The van der Waals surface area contributed by atoms with Gasteiger partial charge in [-0.25, -0.2) is 10.2 Å². The quantitative estimate of drug-likeness (QED) is 0.153. The van der Waals surface area contributed by atoms with E-state index in [-0.39, 0.29) is 24.7 Å². The molecule has 0 atom stereocenters. The molecule has 1 aromatic heterocycles. The highest BCUT2D eigenvalue weighted by Gasteiger charge is 2.10. The van der Waals surface area contributed by atoms with Crippen LogP contribution in [0.3, 0.4) is 0 Å². The van der Waals surface area contributed by atoms with E-state index in [9.17, 15) is 19.7 Å². The number of hydrogen-bond donors (Lipinski definition) is 2. The van der Waals surface area contributed by atoms with Gasteiger partial charge in [-0.05, 0) is 78.7 Å². The van der Waals surface area contributed by atoms with Gasteiger partial charge in [0.25, 0.3) is 11.6 Å². The largest absolute Gasteiger partial charge is 0.489 e. The number of nitro groups is 1. The van der Waals surface area contributed by atoms with Gasteiger partial charge in [-0.15, -0.1) is 0 Å². The molecule has 0 bridgehead atoms. The minimum absolute atomic E-state index is 0.0242. The molecule has 4 rings (SSSR count). The van der Waals surface area contributed by atoms with E-state index in [0.29, 0.717) is 28.5 Å². The molecule has 198 valence electrons. The summed E-state index contributed by atoms with van der Waals surface area (Å²) in [6, 6.07) is 22.5. The van der Waals surface area contributed by atoms with Gasteiger partial charge >= 0.3 is 5.97 Å². The second kappa shape index (κ2) is 12.2. The van der Waals surface area contributed by atoms with E-state index in [4.69, 9.17) is 19.0 Å². The Bertz CT molecular complexity index is 1510. The Labute approximate surface area is 222 Å². The van der Waals surface area contributed by atoms with Gasteiger partial charge in [0.15, 0.2) is 0 Å². The lowest BCUT2D eigenvalue weighted by molar-refractivity contribution is -0.384. The average Bonchev–Trinajstić information content (AvgIpc) is 3.44. The molecule has 39 heavy (non-hydrogen) atoms. The number of carboxylic acid groups (broad SMARTS) is 1. The number of hydrazone groups is 1. The summed E-state index contributed by atoms with van der Waals surface area (Å²) in [5.41, 5.74) is 4.99. The third-order valence-electron chi connectivity index (χ3n) is 5.49. The van der Waals surface area contributed by atoms with Gasteiger partial charge in [-0.1, -0.05) is 12.1 Å².